The molecule has 2 heteroatoms. The van der Waals surface area contributed by atoms with Crippen molar-refractivity contribution in [3.63, 3.8) is 0 Å². The maximum Gasteiger partial charge on any atom is 0.293 e. The Morgan fingerprint density at radius 2 is 1.29 bits per heavy atom. The quantitative estimate of drug-likeness (QED) is 0.373. The van der Waals surface area contributed by atoms with Crippen molar-refractivity contribution >= 4 is 6.92 Å². The van der Waals surface area contributed by atoms with Crippen molar-refractivity contribution in [2.45, 2.75) is 71.9 Å². The molecule has 0 heterocycles. The Bertz CT molecular complexity index is 96.5. The van der Waals surface area contributed by atoms with Crippen LogP contribution < -0.4 is 0 Å². The second kappa shape index (κ2) is 11.1. The van der Waals surface area contributed by atoms with Crippen LogP contribution in [0.4, 0.5) is 0 Å². The third kappa shape index (κ3) is 8.62. The summed E-state index contributed by atoms with van der Waals surface area (Å²) in [6.07, 6.45) is 10.6. The molecule has 0 fully saturated rings. The largest absolute Gasteiger partial charge is 0.436 e. The molecular weight excluding hydrogens is 171 g/mol. The molecule has 0 aromatic rings. The van der Waals surface area contributed by atoms with Crippen LogP contribution in [0.5, 0.6) is 0 Å². The van der Waals surface area contributed by atoms with Gasteiger partial charge in [0.1, 0.15) is 0 Å². The fourth-order valence-corrected chi connectivity index (χ4v) is 1.79. The molecule has 0 aliphatic carbocycles. The zero-order valence-electron chi connectivity index (χ0n) is 10.3. The van der Waals surface area contributed by atoms with Crippen LogP contribution >= 0.6 is 0 Å². The van der Waals surface area contributed by atoms with E-state index in [9.17, 15) is 0 Å². The highest BCUT2D eigenvalue weighted by Crippen LogP contribution is 2.12. The fraction of sp³-hybridized carbons (Fsp3) is 1.00. The fourth-order valence-electron chi connectivity index (χ4n) is 1.79. The van der Waals surface area contributed by atoms with Crippen molar-refractivity contribution in [3.8, 4) is 0 Å². The molecule has 0 saturated carbocycles. The van der Waals surface area contributed by atoms with Gasteiger partial charge < -0.3 is 4.65 Å². The summed E-state index contributed by atoms with van der Waals surface area (Å²) in [5, 5.41) is 0. The van der Waals surface area contributed by atoms with Gasteiger partial charge in [-0.05, 0) is 19.6 Å². The summed E-state index contributed by atoms with van der Waals surface area (Å²) in [7, 11) is 0. The molecule has 0 N–H and O–H groups in total. The molecule has 0 aromatic heterocycles. The average Bonchev–Trinajstić information content (AvgIpc) is 2.18. The van der Waals surface area contributed by atoms with Crippen molar-refractivity contribution in [1.82, 2.24) is 0 Å². The molecule has 0 aliphatic heterocycles. The first-order valence-corrected chi connectivity index (χ1v) is 6.46. The number of unbranched alkanes of at least 4 members (excludes halogenated alkanes) is 4. The van der Waals surface area contributed by atoms with E-state index >= 15 is 0 Å². The number of hydrogen-bond donors (Lipinski definition) is 0. The normalized spacial score (nSPS) is 10.5. The van der Waals surface area contributed by atoms with Gasteiger partial charge in [0.05, 0.1) is 0 Å². The van der Waals surface area contributed by atoms with E-state index in [0.29, 0.717) is 6.92 Å². The Morgan fingerprint density at radius 1 is 0.786 bits per heavy atom. The topological polar surface area (TPSA) is 9.23 Å². The van der Waals surface area contributed by atoms with Crippen LogP contribution in [0.3, 0.4) is 0 Å². The van der Waals surface area contributed by atoms with E-state index in [1.54, 1.807) is 0 Å². The van der Waals surface area contributed by atoms with Gasteiger partial charge in [-0.3, -0.25) is 0 Å². The first kappa shape index (κ1) is 14.0. The Kier molecular flexibility index (Phi) is 11.1. The third-order valence-electron chi connectivity index (χ3n) is 2.66. The summed E-state index contributed by atoms with van der Waals surface area (Å²) in [6.45, 7) is 8.04. The second-order valence-corrected chi connectivity index (χ2v) is 4.07. The van der Waals surface area contributed by atoms with E-state index in [0.717, 1.165) is 6.61 Å². The van der Waals surface area contributed by atoms with Crippen LogP contribution in [0.15, 0.2) is 0 Å². The Hall–Kier alpha value is 0.0249. The van der Waals surface area contributed by atoms with Gasteiger partial charge in [-0.25, -0.2) is 0 Å². The molecular formula is C12H27BO. The summed E-state index contributed by atoms with van der Waals surface area (Å²) >= 11 is 0. The predicted molar refractivity (Wildman–Crippen MR) is 66.0 cm³/mol. The zero-order chi connectivity index (χ0) is 10.6. The minimum atomic E-state index is 0.540. The number of rotatable bonds is 10. The van der Waals surface area contributed by atoms with Crippen molar-refractivity contribution < 1.29 is 4.65 Å². The maximum atomic E-state index is 5.74. The van der Waals surface area contributed by atoms with Gasteiger partial charge in [-0.15, -0.1) is 0 Å². The van der Waals surface area contributed by atoms with Gasteiger partial charge >= 0.3 is 0 Å². The van der Waals surface area contributed by atoms with Gasteiger partial charge in [0.2, 0.25) is 0 Å². The van der Waals surface area contributed by atoms with Gasteiger partial charge in [-0.2, -0.15) is 0 Å². The van der Waals surface area contributed by atoms with E-state index < -0.39 is 0 Å². The molecule has 0 atom stereocenters. The third-order valence-corrected chi connectivity index (χ3v) is 2.66. The van der Waals surface area contributed by atoms with Crippen LogP contribution in [0, 0.1) is 0 Å². The summed E-state index contributed by atoms with van der Waals surface area (Å²) < 4.78 is 5.74. The lowest BCUT2D eigenvalue weighted by Gasteiger charge is -2.12. The van der Waals surface area contributed by atoms with Crippen LogP contribution in [-0.4, -0.2) is 13.5 Å². The summed E-state index contributed by atoms with van der Waals surface area (Å²) in [6, 6.07) is 0. The van der Waals surface area contributed by atoms with Crippen molar-refractivity contribution in [2.24, 2.45) is 0 Å². The van der Waals surface area contributed by atoms with E-state index in [-0.39, 0.29) is 0 Å². The molecule has 0 unspecified atom stereocenters. The van der Waals surface area contributed by atoms with Crippen molar-refractivity contribution in [3.05, 3.63) is 0 Å². The van der Waals surface area contributed by atoms with Crippen molar-refractivity contribution in [2.75, 3.05) is 6.61 Å². The van der Waals surface area contributed by atoms with Crippen molar-refractivity contribution in [1.29, 1.82) is 0 Å². The maximum absolute atomic E-state index is 5.74. The predicted octanol–water partition coefficient (Wildman–Crippen LogP) is 4.39. The van der Waals surface area contributed by atoms with E-state index in [2.05, 4.69) is 20.8 Å². The Labute approximate surface area is 90.7 Å². The molecule has 0 bridgehead atoms. The van der Waals surface area contributed by atoms with Crippen LogP contribution in [-0.2, 0) is 4.65 Å². The molecule has 14 heavy (non-hydrogen) atoms. The van der Waals surface area contributed by atoms with Crippen LogP contribution in [0.2, 0.25) is 12.6 Å². The minimum Gasteiger partial charge on any atom is -0.436 e. The highest BCUT2D eigenvalue weighted by atomic mass is 16.4. The highest BCUT2D eigenvalue weighted by molar-refractivity contribution is 6.51. The average molecular weight is 198 g/mol. The Balaban J connectivity index is 3.44. The standard InChI is InChI=1S/C12H27BO/c1-4-7-9-11-13(14-6-3)12-10-8-5-2/h4-12H2,1-3H3. The molecule has 0 saturated heterocycles. The Morgan fingerprint density at radius 3 is 1.64 bits per heavy atom. The van der Waals surface area contributed by atoms with Gasteiger partial charge in [0, 0.05) is 6.61 Å². The molecule has 0 rings (SSSR count). The SMILES string of the molecule is CCCCCB(CCCCC)OCC. The van der Waals surface area contributed by atoms with Gasteiger partial charge in [-0.1, -0.05) is 52.4 Å². The number of hydrogen-bond acceptors (Lipinski definition) is 1. The second-order valence-electron chi connectivity index (χ2n) is 4.07. The molecule has 0 aliphatic rings. The lowest BCUT2D eigenvalue weighted by atomic mass is 9.59. The lowest BCUT2D eigenvalue weighted by molar-refractivity contribution is 0.338. The zero-order valence-corrected chi connectivity index (χ0v) is 10.3. The molecule has 1 nitrogen and oxygen atoms in total. The summed E-state index contributed by atoms with van der Waals surface area (Å²) in [5.74, 6) is 0. The summed E-state index contributed by atoms with van der Waals surface area (Å²) in [5.41, 5.74) is 0. The molecule has 84 valence electrons. The highest BCUT2D eigenvalue weighted by Gasteiger charge is 2.13. The molecule has 0 aromatic carbocycles. The molecule has 0 radical (unpaired) electrons. The summed E-state index contributed by atoms with van der Waals surface area (Å²) in [4.78, 5) is 0. The first-order chi connectivity index (χ1) is 6.85. The van der Waals surface area contributed by atoms with Crippen LogP contribution in [0.25, 0.3) is 0 Å². The first-order valence-electron chi connectivity index (χ1n) is 6.46. The molecule has 0 amide bonds. The lowest BCUT2D eigenvalue weighted by Crippen LogP contribution is -2.17. The monoisotopic (exact) mass is 198 g/mol. The minimum absolute atomic E-state index is 0.540. The van der Waals surface area contributed by atoms with Crippen LogP contribution in [0.1, 0.15) is 59.3 Å². The van der Waals surface area contributed by atoms with E-state index in [1.807, 2.05) is 0 Å². The van der Waals surface area contributed by atoms with E-state index in [4.69, 9.17) is 4.65 Å². The van der Waals surface area contributed by atoms with Gasteiger partial charge in [0.15, 0.2) is 0 Å². The van der Waals surface area contributed by atoms with Gasteiger partial charge in [0.25, 0.3) is 6.92 Å². The smallest absolute Gasteiger partial charge is 0.293 e. The van der Waals surface area contributed by atoms with E-state index in [1.165, 1.54) is 51.2 Å². The molecule has 0 spiro atoms.